The number of ether oxygens (including phenoxy) is 2. The molecule has 272 valence electrons. The number of benzene rings is 4. The summed E-state index contributed by atoms with van der Waals surface area (Å²) in [6.07, 6.45) is 4.49. The number of ketones is 2. The summed E-state index contributed by atoms with van der Waals surface area (Å²) in [5.41, 5.74) is 2.06. The quantitative estimate of drug-likeness (QED) is 0.160. The van der Waals surface area contributed by atoms with Crippen LogP contribution in [0.15, 0.2) is 109 Å². The fourth-order valence-corrected chi connectivity index (χ4v) is 6.89. The van der Waals surface area contributed by atoms with Gasteiger partial charge >= 0.3 is 0 Å². The molecule has 8 rings (SSSR count). The Kier molecular flexibility index (Phi) is 8.21. The monoisotopic (exact) mass is 735 g/mol. The highest BCUT2D eigenvalue weighted by Gasteiger charge is 2.41. The van der Waals surface area contributed by atoms with E-state index in [0.717, 1.165) is 50.1 Å². The SMILES string of the molecule is CC(C)(c1ccc(Oc2ccc3c(c2)C(=O)N(CC2C(=O)C=CC2=O)C3=O)cc1)c1ccc(Oc2ccc3c(c2)C(=O)N(CN2C(=O)C=CC2=O)C3=O)cc1. The Morgan fingerprint density at radius 2 is 0.873 bits per heavy atom. The summed E-state index contributed by atoms with van der Waals surface area (Å²) in [7, 11) is 0. The van der Waals surface area contributed by atoms with E-state index in [1.165, 1.54) is 24.3 Å². The lowest BCUT2D eigenvalue weighted by molar-refractivity contribution is -0.138. The number of carbonyl (C=O) groups is 8. The standard InChI is InChI=1S/C42H29N3O10/c1-42(2,23-3-7-25(8-4-23)54-27-11-13-29-31(19-27)40(52)43(38(29)50)21-33-34(46)15-16-35(33)47)24-5-9-26(10-6-24)55-28-12-14-30-32(20-28)41(53)45(39(30)51)22-44-36(48)17-18-37(44)49/h3-20,33H,21-22H2,1-2H3. The molecule has 4 aromatic carbocycles. The summed E-state index contributed by atoms with van der Waals surface area (Å²) in [4.78, 5) is 103. The Balaban J connectivity index is 0.908. The topological polar surface area (TPSA) is 165 Å². The van der Waals surface area contributed by atoms with Gasteiger partial charge in [0.25, 0.3) is 35.4 Å². The van der Waals surface area contributed by atoms with Crippen molar-refractivity contribution in [1.82, 2.24) is 14.7 Å². The number of nitrogens with zero attached hydrogens (tertiary/aromatic N) is 3. The van der Waals surface area contributed by atoms with Gasteiger partial charge in [-0.15, -0.1) is 0 Å². The first-order chi connectivity index (χ1) is 26.3. The summed E-state index contributed by atoms with van der Waals surface area (Å²) in [6.45, 7) is 3.33. The van der Waals surface area contributed by atoms with Crippen molar-refractivity contribution in [3.8, 4) is 23.0 Å². The maximum atomic E-state index is 13.1. The van der Waals surface area contributed by atoms with Crippen LogP contribution in [0.4, 0.5) is 0 Å². The lowest BCUT2D eigenvalue weighted by Crippen LogP contribution is -2.43. The number of allylic oxidation sites excluding steroid dienone is 2. The molecule has 13 nitrogen and oxygen atoms in total. The van der Waals surface area contributed by atoms with Crippen molar-refractivity contribution in [2.24, 2.45) is 5.92 Å². The lowest BCUT2D eigenvalue weighted by atomic mass is 9.78. The van der Waals surface area contributed by atoms with Crippen molar-refractivity contribution >= 4 is 47.0 Å². The second-order valence-corrected chi connectivity index (χ2v) is 13.8. The highest BCUT2D eigenvalue weighted by Crippen LogP contribution is 2.36. The molecule has 0 aromatic heterocycles. The van der Waals surface area contributed by atoms with Crippen LogP contribution in [0, 0.1) is 5.92 Å². The second kappa shape index (κ2) is 13.0. The fourth-order valence-electron chi connectivity index (χ4n) is 6.89. The number of amides is 6. The van der Waals surface area contributed by atoms with E-state index in [2.05, 4.69) is 13.8 Å². The number of imide groups is 3. The van der Waals surface area contributed by atoms with Crippen LogP contribution < -0.4 is 9.47 Å². The third-order valence-corrected chi connectivity index (χ3v) is 10.2. The summed E-state index contributed by atoms with van der Waals surface area (Å²) in [6, 6.07) is 23.9. The number of rotatable bonds is 10. The van der Waals surface area contributed by atoms with Crippen molar-refractivity contribution in [2.45, 2.75) is 19.3 Å². The largest absolute Gasteiger partial charge is 0.457 e. The van der Waals surface area contributed by atoms with E-state index in [-0.39, 0.29) is 28.8 Å². The van der Waals surface area contributed by atoms with Crippen molar-refractivity contribution in [2.75, 3.05) is 13.2 Å². The Morgan fingerprint density at radius 1 is 0.473 bits per heavy atom. The average molecular weight is 736 g/mol. The molecule has 0 atom stereocenters. The normalized spacial score (nSPS) is 16.7. The first-order valence-electron chi connectivity index (χ1n) is 17.2. The van der Waals surface area contributed by atoms with Gasteiger partial charge in [-0.05, 0) is 83.9 Å². The lowest BCUT2D eigenvalue weighted by Gasteiger charge is -2.26. The first-order valence-corrected chi connectivity index (χ1v) is 17.2. The zero-order valence-corrected chi connectivity index (χ0v) is 29.3. The molecule has 3 aliphatic heterocycles. The summed E-state index contributed by atoms with van der Waals surface area (Å²) in [5.74, 6) is -3.90. The van der Waals surface area contributed by atoms with Crippen LogP contribution in [0.2, 0.25) is 0 Å². The number of hydrogen-bond acceptors (Lipinski definition) is 10. The van der Waals surface area contributed by atoms with Gasteiger partial charge in [0.05, 0.1) is 22.3 Å². The van der Waals surface area contributed by atoms with E-state index in [1.807, 2.05) is 24.3 Å². The van der Waals surface area contributed by atoms with Gasteiger partial charge in [-0.2, -0.15) is 0 Å². The zero-order chi connectivity index (χ0) is 38.8. The average Bonchev–Trinajstić information content (AvgIpc) is 3.83. The van der Waals surface area contributed by atoms with Crippen molar-refractivity contribution < 1.29 is 47.8 Å². The minimum atomic E-state index is -1.08. The maximum Gasteiger partial charge on any atom is 0.263 e. The van der Waals surface area contributed by atoms with E-state index < -0.39 is 65.0 Å². The van der Waals surface area contributed by atoms with E-state index >= 15 is 0 Å². The van der Waals surface area contributed by atoms with E-state index in [1.54, 1.807) is 36.4 Å². The molecule has 3 heterocycles. The zero-order valence-electron chi connectivity index (χ0n) is 29.3. The van der Waals surface area contributed by atoms with Crippen LogP contribution >= 0.6 is 0 Å². The molecule has 0 bridgehead atoms. The molecule has 0 radical (unpaired) electrons. The Hall–Kier alpha value is -7.28. The third-order valence-electron chi connectivity index (χ3n) is 10.2. The highest BCUT2D eigenvalue weighted by molar-refractivity contribution is 6.24. The summed E-state index contributed by atoms with van der Waals surface area (Å²) >= 11 is 0. The van der Waals surface area contributed by atoms with Gasteiger partial charge in [0.1, 0.15) is 35.6 Å². The minimum absolute atomic E-state index is 0.108. The smallest absolute Gasteiger partial charge is 0.263 e. The van der Waals surface area contributed by atoms with Crippen LogP contribution in [0.1, 0.15) is 66.4 Å². The van der Waals surface area contributed by atoms with Crippen LogP contribution in [0.25, 0.3) is 0 Å². The minimum Gasteiger partial charge on any atom is -0.457 e. The van der Waals surface area contributed by atoms with Gasteiger partial charge in [0, 0.05) is 24.1 Å². The Bertz CT molecular complexity index is 2270. The van der Waals surface area contributed by atoms with Gasteiger partial charge < -0.3 is 9.47 Å². The third kappa shape index (κ3) is 6.01. The van der Waals surface area contributed by atoms with Crippen molar-refractivity contribution in [3.05, 3.63) is 143 Å². The molecule has 6 amide bonds. The van der Waals surface area contributed by atoms with Gasteiger partial charge in [-0.1, -0.05) is 38.1 Å². The molecule has 13 heteroatoms. The van der Waals surface area contributed by atoms with Crippen LogP contribution in [0.3, 0.4) is 0 Å². The Morgan fingerprint density at radius 3 is 1.35 bits per heavy atom. The second-order valence-electron chi connectivity index (χ2n) is 13.8. The van der Waals surface area contributed by atoms with Gasteiger partial charge in [0.2, 0.25) is 0 Å². The van der Waals surface area contributed by atoms with Crippen LogP contribution in [-0.4, -0.2) is 74.9 Å². The first kappa shape index (κ1) is 34.8. The van der Waals surface area contributed by atoms with Gasteiger partial charge in [-0.25, -0.2) is 0 Å². The maximum absolute atomic E-state index is 13.1. The number of carbonyl (C=O) groups excluding carboxylic acids is 8. The van der Waals surface area contributed by atoms with Crippen LogP contribution in [-0.2, 0) is 24.6 Å². The van der Waals surface area contributed by atoms with Gasteiger partial charge in [0.15, 0.2) is 11.6 Å². The molecule has 0 saturated heterocycles. The molecule has 1 aliphatic carbocycles. The molecule has 0 fully saturated rings. The molecule has 0 saturated carbocycles. The predicted molar refractivity (Wildman–Crippen MR) is 192 cm³/mol. The van der Waals surface area contributed by atoms with Gasteiger partial charge in [-0.3, -0.25) is 53.1 Å². The highest BCUT2D eigenvalue weighted by atomic mass is 16.5. The number of fused-ring (bicyclic) bond motifs is 2. The van der Waals surface area contributed by atoms with E-state index in [4.69, 9.17) is 9.47 Å². The molecule has 0 unspecified atom stereocenters. The Labute approximate surface area is 313 Å². The van der Waals surface area contributed by atoms with Crippen molar-refractivity contribution in [3.63, 3.8) is 0 Å². The van der Waals surface area contributed by atoms with E-state index in [0.29, 0.717) is 23.0 Å². The number of hydrogen-bond donors (Lipinski definition) is 0. The van der Waals surface area contributed by atoms with E-state index in [9.17, 15) is 38.4 Å². The molecular weight excluding hydrogens is 706 g/mol. The molecule has 0 spiro atoms. The van der Waals surface area contributed by atoms with Crippen LogP contribution in [0.5, 0.6) is 23.0 Å². The fraction of sp³-hybridized carbons (Fsp3) is 0.143. The molecule has 4 aliphatic rings. The summed E-state index contributed by atoms with van der Waals surface area (Å²) < 4.78 is 12.0. The molecule has 0 N–H and O–H groups in total. The van der Waals surface area contributed by atoms with Crippen molar-refractivity contribution in [1.29, 1.82) is 0 Å². The molecule has 4 aromatic rings. The molecular formula is C42H29N3O10. The predicted octanol–water partition coefficient (Wildman–Crippen LogP) is 5.00. The molecule has 55 heavy (non-hydrogen) atoms. The summed E-state index contributed by atoms with van der Waals surface area (Å²) in [5, 5.41) is 0.